The fourth-order valence-electron chi connectivity index (χ4n) is 0.0527. The molecule has 0 aromatic heterocycles. The van der Waals surface area contributed by atoms with Gasteiger partial charge in [-0.3, -0.25) is 0 Å². The second kappa shape index (κ2) is 3.17. The molecule has 0 radical (unpaired) electrons. The molecule has 0 amide bonds. The molecule has 2 nitrogen and oxygen atoms in total. The van der Waals surface area contributed by atoms with Crippen LogP contribution in [0.2, 0.25) is 4.82 Å². The summed E-state index contributed by atoms with van der Waals surface area (Å²) in [5, 5.41) is 7.99. The summed E-state index contributed by atoms with van der Waals surface area (Å²) in [5.41, 5.74) is 5.04. The molecule has 0 aliphatic carbocycles. The van der Waals surface area contributed by atoms with Crippen molar-refractivity contribution in [3.8, 4) is 6.07 Å². The van der Waals surface area contributed by atoms with E-state index in [2.05, 4.69) is 16.0 Å². The molecule has 34 valence electrons. The Morgan fingerprint density at radius 2 is 2.50 bits per heavy atom. The summed E-state index contributed by atoms with van der Waals surface area (Å²) in [6, 6.07) is 1.96. The Hall–Kier alpha value is -0.0305. The molecule has 0 aromatic carbocycles. The molecule has 0 aliphatic rings. The van der Waals surface area contributed by atoms with Gasteiger partial charge >= 0.3 is 44.4 Å². The van der Waals surface area contributed by atoms with Crippen LogP contribution in [0.1, 0.15) is 0 Å². The third-order valence-corrected chi connectivity index (χ3v) is 1.06. The van der Waals surface area contributed by atoms with E-state index < -0.39 is 0 Å². The van der Waals surface area contributed by atoms with Crippen molar-refractivity contribution in [3.63, 3.8) is 0 Å². The molecule has 0 aromatic rings. The Labute approximate surface area is 45.1 Å². The maximum atomic E-state index is 7.99. The van der Waals surface area contributed by atoms with Crippen molar-refractivity contribution in [1.82, 2.24) is 0 Å². The standard InChI is InChI=1S/C3H6N2Se/c4-1-3(6)2-5/h3,6H,1,4H2. The van der Waals surface area contributed by atoms with Gasteiger partial charge in [-0.25, -0.2) is 0 Å². The van der Waals surface area contributed by atoms with Gasteiger partial charge in [-0.05, 0) is 0 Å². The summed E-state index contributed by atoms with van der Waals surface area (Å²) in [6.07, 6.45) is 0. The van der Waals surface area contributed by atoms with Gasteiger partial charge < -0.3 is 0 Å². The van der Waals surface area contributed by atoms with Crippen molar-refractivity contribution in [1.29, 1.82) is 5.26 Å². The molecule has 0 saturated carbocycles. The fourth-order valence-corrected chi connectivity index (χ4v) is 0.0527. The number of nitriles is 1. The SMILES string of the molecule is N#CC([SeH])CN. The molecule has 2 N–H and O–H groups in total. The Kier molecular flexibility index (Phi) is 3.15. The molecule has 1 atom stereocenters. The van der Waals surface area contributed by atoms with Crippen LogP contribution in [0.15, 0.2) is 0 Å². The molecule has 0 bridgehead atoms. The van der Waals surface area contributed by atoms with Crippen LogP contribution in [-0.4, -0.2) is 22.6 Å². The predicted molar refractivity (Wildman–Crippen MR) is 25.6 cm³/mol. The summed E-state index contributed by atoms with van der Waals surface area (Å²) >= 11 is 2.19. The quantitative estimate of drug-likeness (QED) is 0.494. The Balaban J connectivity index is 3.04. The number of nitrogens with two attached hydrogens (primary N) is 1. The molecular formula is C3H6N2Se. The molecule has 0 heterocycles. The first-order valence-electron chi connectivity index (χ1n) is 1.59. The molecule has 6 heavy (non-hydrogen) atoms. The monoisotopic (exact) mass is 150 g/mol. The molecule has 0 saturated heterocycles. The summed E-state index contributed by atoms with van der Waals surface area (Å²) in [6.45, 7) is 0.441. The van der Waals surface area contributed by atoms with Gasteiger partial charge in [0.2, 0.25) is 0 Å². The second-order valence-electron chi connectivity index (χ2n) is 0.881. The van der Waals surface area contributed by atoms with E-state index in [1.807, 2.05) is 6.07 Å². The molecule has 0 rings (SSSR count). The second-order valence-corrected chi connectivity index (χ2v) is 2.19. The van der Waals surface area contributed by atoms with Crippen LogP contribution in [0.4, 0.5) is 0 Å². The van der Waals surface area contributed by atoms with Gasteiger partial charge in [0.15, 0.2) is 0 Å². The molecule has 0 fully saturated rings. The summed E-state index contributed by atoms with van der Waals surface area (Å²) < 4.78 is 0. The summed E-state index contributed by atoms with van der Waals surface area (Å²) in [4.78, 5) is -0.0440. The van der Waals surface area contributed by atoms with Crippen LogP contribution in [0.3, 0.4) is 0 Å². The van der Waals surface area contributed by atoms with E-state index in [9.17, 15) is 0 Å². The first kappa shape index (κ1) is 5.97. The van der Waals surface area contributed by atoms with E-state index in [1.54, 1.807) is 0 Å². The van der Waals surface area contributed by atoms with Crippen LogP contribution < -0.4 is 5.73 Å². The van der Waals surface area contributed by atoms with E-state index in [0.29, 0.717) is 6.54 Å². The summed E-state index contributed by atoms with van der Waals surface area (Å²) in [5.74, 6) is 0. The van der Waals surface area contributed by atoms with Crippen LogP contribution in [0, 0.1) is 11.3 Å². The fraction of sp³-hybridized carbons (Fsp3) is 0.667. The van der Waals surface area contributed by atoms with Gasteiger partial charge in [0.1, 0.15) is 0 Å². The molecule has 1 unspecified atom stereocenters. The Morgan fingerprint density at radius 3 is 2.50 bits per heavy atom. The third-order valence-electron chi connectivity index (χ3n) is 0.372. The molecule has 0 aliphatic heterocycles. The Morgan fingerprint density at radius 1 is 2.00 bits per heavy atom. The zero-order valence-corrected chi connectivity index (χ0v) is 5.13. The van der Waals surface area contributed by atoms with Crippen LogP contribution in [-0.2, 0) is 0 Å². The van der Waals surface area contributed by atoms with E-state index in [0.717, 1.165) is 0 Å². The van der Waals surface area contributed by atoms with Crippen molar-refractivity contribution >= 4 is 16.0 Å². The van der Waals surface area contributed by atoms with Crippen molar-refractivity contribution in [2.45, 2.75) is 4.82 Å². The van der Waals surface area contributed by atoms with Crippen LogP contribution >= 0.6 is 0 Å². The molecule has 0 spiro atoms. The van der Waals surface area contributed by atoms with Crippen molar-refractivity contribution in [2.75, 3.05) is 6.54 Å². The van der Waals surface area contributed by atoms with Crippen LogP contribution in [0.25, 0.3) is 0 Å². The van der Waals surface area contributed by atoms with Gasteiger partial charge in [-0.1, -0.05) is 0 Å². The third kappa shape index (κ3) is 2.22. The minimum absolute atomic E-state index is 0.0440. The molecule has 3 heteroatoms. The van der Waals surface area contributed by atoms with Crippen LogP contribution in [0.5, 0.6) is 0 Å². The van der Waals surface area contributed by atoms with E-state index >= 15 is 0 Å². The zero-order valence-electron chi connectivity index (χ0n) is 3.26. The van der Waals surface area contributed by atoms with Gasteiger partial charge in [0, 0.05) is 0 Å². The average Bonchev–Trinajstić information content (AvgIpc) is 1.65. The Bertz CT molecular complexity index is 65.7. The van der Waals surface area contributed by atoms with E-state index in [1.165, 1.54) is 0 Å². The number of rotatable bonds is 1. The first-order chi connectivity index (χ1) is 2.81. The number of hydrogen-bond acceptors (Lipinski definition) is 2. The average molecular weight is 149 g/mol. The predicted octanol–water partition coefficient (Wildman–Crippen LogP) is -0.842. The van der Waals surface area contributed by atoms with Gasteiger partial charge in [-0.15, -0.1) is 0 Å². The number of nitrogens with zero attached hydrogens (tertiary/aromatic N) is 1. The van der Waals surface area contributed by atoms with E-state index in [-0.39, 0.29) is 4.82 Å². The van der Waals surface area contributed by atoms with Gasteiger partial charge in [-0.2, -0.15) is 0 Å². The topological polar surface area (TPSA) is 49.8 Å². The summed E-state index contributed by atoms with van der Waals surface area (Å²) in [7, 11) is 0. The van der Waals surface area contributed by atoms with Crippen molar-refractivity contribution < 1.29 is 0 Å². The maximum absolute atomic E-state index is 7.99. The normalized spacial score (nSPS) is 12.8. The molecular weight excluding hydrogens is 143 g/mol. The van der Waals surface area contributed by atoms with Gasteiger partial charge in [0.05, 0.1) is 0 Å². The first-order valence-corrected chi connectivity index (χ1v) is 2.67. The van der Waals surface area contributed by atoms with Crippen molar-refractivity contribution in [3.05, 3.63) is 0 Å². The number of hydrogen-bond donors (Lipinski definition) is 1. The van der Waals surface area contributed by atoms with E-state index in [4.69, 9.17) is 11.0 Å². The van der Waals surface area contributed by atoms with Gasteiger partial charge in [0.25, 0.3) is 0 Å². The minimum atomic E-state index is -0.0440. The van der Waals surface area contributed by atoms with Crippen molar-refractivity contribution in [2.24, 2.45) is 5.73 Å². The zero-order chi connectivity index (χ0) is 4.99.